The number of benzene rings is 1. The van der Waals surface area contributed by atoms with Gasteiger partial charge in [0.05, 0.1) is 0 Å². The maximum absolute atomic E-state index is 12.1. The number of nitrogens with one attached hydrogen (secondary N) is 2. The Labute approximate surface area is 102 Å². The molecule has 4 N–H and O–H groups in total. The normalized spacial score (nSPS) is 11.3. The standard InChI is InChI=1S/C9H11F2N3O3S/c10-9(11)18(15,16)14-6-1-3-7(4-2-6)17-5-8(12)13/h1-4,9,14H,5H2,(H3,12,13). The van der Waals surface area contributed by atoms with Gasteiger partial charge in [0.25, 0.3) is 10.0 Å². The monoisotopic (exact) mass is 279 g/mol. The number of alkyl halides is 2. The van der Waals surface area contributed by atoms with Gasteiger partial charge in [0.15, 0.2) is 0 Å². The smallest absolute Gasteiger partial charge is 0.355 e. The number of nitrogens with two attached hydrogens (primary N) is 1. The molecule has 1 aromatic carbocycles. The number of sulfonamides is 1. The van der Waals surface area contributed by atoms with E-state index in [4.69, 9.17) is 15.9 Å². The van der Waals surface area contributed by atoms with Gasteiger partial charge in [-0.1, -0.05) is 0 Å². The summed E-state index contributed by atoms with van der Waals surface area (Å²) in [6.07, 6.45) is 0. The molecule has 0 aliphatic rings. The van der Waals surface area contributed by atoms with Crippen LogP contribution in [0.5, 0.6) is 5.75 Å². The summed E-state index contributed by atoms with van der Waals surface area (Å²) in [5, 5.41) is 6.93. The van der Waals surface area contributed by atoms with E-state index in [9.17, 15) is 17.2 Å². The Morgan fingerprint density at radius 2 is 1.94 bits per heavy atom. The molecule has 9 heteroatoms. The van der Waals surface area contributed by atoms with Crippen LogP contribution in [0.4, 0.5) is 14.5 Å². The van der Waals surface area contributed by atoms with Gasteiger partial charge in [-0.25, -0.2) is 8.42 Å². The third kappa shape index (κ3) is 4.17. The fourth-order valence-electron chi connectivity index (χ4n) is 0.989. The molecule has 0 bridgehead atoms. The zero-order valence-corrected chi connectivity index (χ0v) is 9.88. The quantitative estimate of drug-likeness (QED) is 0.533. The second-order valence-electron chi connectivity index (χ2n) is 3.25. The fraction of sp³-hybridized carbons (Fsp3) is 0.222. The molecular formula is C9H11F2N3O3S. The van der Waals surface area contributed by atoms with Crippen LogP contribution in [0.3, 0.4) is 0 Å². The zero-order valence-electron chi connectivity index (χ0n) is 9.06. The number of hydrogen-bond acceptors (Lipinski definition) is 4. The van der Waals surface area contributed by atoms with Crippen LogP contribution < -0.4 is 15.2 Å². The van der Waals surface area contributed by atoms with Crippen molar-refractivity contribution in [2.24, 2.45) is 5.73 Å². The predicted octanol–water partition coefficient (Wildman–Crippen LogP) is 0.966. The molecule has 18 heavy (non-hydrogen) atoms. The molecule has 0 aliphatic heterocycles. The van der Waals surface area contributed by atoms with Crippen LogP contribution in [0.25, 0.3) is 0 Å². The van der Waals surface area contributed by atoms with Crippen molar-refractivity contribution in [2.45, 2.75) is 5.76 Å². The minimum absolute atomic E-state index is 0.00882. The Morgan fingerprint density at radius 1 is 1.39 bits per heavy atom. The number of anilines is 1. The van der Waals surface area contributed by atoms with E-state index in [-0.39, 0.29) is 18.1 Å². The van der Waals surface area contributed by atoms with Gasteiger partial charge in [0.1, 0.15) is 18.2 Å². The highest BCUT2D eigenvalue weighted by molar-refractivity contribution is 7.93. The molecule has 0 saturated carbocycles. The zero-order chi connectivity index (χ0) is 13.8. The van der Waals surface area contributed by atoms with Crippen LogP contribution in [-0.4, -0.2) is 26.6 Å². The molecule has 1 rings (SSSR count). The van der Waals surface area contributed by atoms with Crippen LogP contribution in [0.1, 0.15) is 0 Å². The third-order valence-electron chi connectivity index (χ3n) is 1.74. The first kappa shape index (κ1) is 14.2. The highest BCUT2D eigenvalue weighted by atomic mass is 32.2. The van der Waals surface area contributed by atoms with Gasteiger partial charge in [-0.2, -0.15) is 8.78 Å². The lowest BCUT2D eigenvalue weighted by molar-refractivity contribution is 0.236. The van der Waals surface area contributed by atoms with Gasteiger partial charge in [-0.15, -0.1) is 0 Å². The molecule has 0 spiro atoms. The second kappa shape index (κ2) is 5.63. The Balaban J connectivity index is 2.69. The fourth-order valence-corrected chi connectivity index (χ4v) is 1.54. The van der Waals surface area contributed by atoms with Crippen LogP contribution in [0.15, 0.2) is 24.3 Å². The first-order valence-corrected chi connectivity index (χ1v) is 6.21. The van der Waals surface area contributed by atoms with Crippen molar-refractivity contribution in [3.63, 3.8) is 0 Å². The molecule has 0 atom stereocenters. The number of halogens is 2. The van der Waals surface area contributed by atoms with Crippen molar-refractivity contribution < 1.29 is 21.9 Å². The Kier molecular flexibility index (Phi) is 4.43. The summed E-state index contributed by atoms with van der Waals surface area (Å²) in [6, 6.07) is 5.25. The average Bonchev–Trinajstić information content (AvgIpc) is 2.27. The highest BCUT2D eigenvalue weighted by Crippen LogP contribution is 2.18. The van der Waals surface area contributed by atoms with E-state index < -0.39 is 15.8 Å². The van der Waals surface area contributed by atoms with E-state index in [2.05, 4.69) is 0 Å². The van der Waals surface area contributed by atoms with Crippen molar-refractivity contribution in [2.75, 3.05) is 11.3 Å². The molecule has 0 amide bonds. The van der Waals surface area contributed by atoms with E-state index in [0.717, 1.165) is 0 Å². The van der Waals surface area contributed by atoms with Crippen molar-refractivity contribution in [1.82, 2.24) is 0 Å². The summed E-state index contributed by atoms with van der Waals surface area (Å²) in [5.74, 6) is -3.33. The van der Waals surface area contributed by atoms with E-state index in [1.807, 2.05) is 0 Å². The predicted molar refractivity (Wildman–Crippen MR) is 62.4 cm³/mol. The van der Waals surface area contributed by atoms with Crippen molar-refractivity contribution in [3.05, 3.63) is 24.3 Å². The highest BCUT2D eigenvalue weighted by Gasteiger charge is 2.23. The third-order valence-corrected chi connectivity index (χ3v) is 2.73. The molecule has 1 aromatic rings. The Bertz CT molecular complexity index is 516. The number of hydrogen-bond donors (Lipinski definition) is 3. The molecule has 0 unspecified atom stereocenters. The van der Waals surface area contributed by atoms with E-state index >= 15 is 0 Å². The SMILES string of the molecule is N=C(N)COc1ccc(NS(=O)(=O)C(F)F)cc1. The minimum atomic E-state index is -4.67. The van der Waals surface area contributed by atoms with E-state index in [1.165, 1.54) is 24.3 Å². The summed E-state index contributed by atoms with van der Waals surface area (Å²) >= 11 is 0. The first-order chi connectivity index (χ1) is 8.31. The molecule has 6 nitrogen and oxygen atoms in total. The molecule has 0 aromatic heterocycles. The number of amidine groups is 1. The van der Waals surface area contributed by atoms with E-state index in [0.29, 0.717) is 5.75 Å². The van der Waals surface area contributed by atoms with Gasteiger partial charge >= 0.3 is 5.76 Å². The van der Waals surface area contributed by atoms with Gasteiger partial charge < -0.3 is 10.5 Å². The van der Waals surface area contributed by atoms with Crippen molar-refractivity contribution >= 4 is 21.5 Å². The molecule has 0 saturated heterocycles. The van der Waals surface area contributed by atoms with Gasteiger partial charge in [-0.3, -0.25) is 10.1 Å². The maximum atomic E-state index is 12.1. The first-order valence-electron chi connectivity index (χ1n) is 4.67. The maximum Gasteiger partial charge on any atom is 0.355 e. The van der Waals surface area contributed by atoms with Crippen LogP contribution in [-0.2, 0) is 10.0 Å². The summed E-state index contributed by atoms with van der Waals surface area (Å²) in [5.41, 5.74) is 5.06. The largest absolute Gasteiger partial charge is 0.486 e. The van der Waals surface area contributed by atoms with Crippen LogP contribution in [0.2, 0.25) is 0 Å². The second-order valence-corrected chi connectivity index (χ2v) is 4.90. The van der Waals surface area contributed by atoms with E-state index in [1.54, 1.807) is 4.72 Å². The van der Waals surface area contributed by atoms with Crippen LogP contribution in [0, 0.1) is 5.41 Å². The Hall–Kier alpha value is -1.90. The molecule has 0 radical (unpaired) electrons. The summed E-state index contributed by atoms with van der Waals surface area (Å²) < 4.78 is 52.6. The minimum Gasteiger partial charge on any atom is -0.486 e. The summed E-state index contributed by atoms with van der Waals surface area (Å²) in [7, 11) is -4.67. The molecule has 0 fully saturated rings. The number of ether oxygens (including phenoxy) is 1. The Morgan fingerprint density at radius 3 is 2.39 bits per heavy atom. The topological polar surface area (TPSA) is 105 Å². The molecule has 0 aliphatic carbocycles. The summed E-state index contributed by atoms with van der Waals surface area (Å²) in [4.78, 5) is 0. The lowest BCUT2D eigenvalue weighted by Gasteiger charge is -2.08. The summed E-state index contributed by atoms with van der Waals surface area (Å²) in [6.45, 7) is -0.109. The van der Waals surface area contributed by atoms with Gasteiger partial charge in [0.2, 0.25) is 0 Å². The lowest BCUT2D eigenvalue weighted by atomic mass is 10.3. The van der Waals surface area contributed by atoms with Crippen LogP contribution >= 0.6 is 0 Å². The van der Waals surface area contributed by atoms with Crippen molar-refractivity contribution in [1.29, 1.82) is 5.41 Å². The molecule has 0 heterocycles. The van der Waals surface area contributed by atoms with Gasteiger partial charge in [0, 0.05) is 5.69 Å². The number of rotatable bonds is 6. The average molecular weight is 279 g/mol. The van der Waals surface area contributed by atoms with Gasteiger partial charge in [-0.05, 0) is 24.3 Å². The van der Waals surface area contributed by atoms with Crippen molar-refractivity contribution in [3.8, 4) is 5.75 Å². The lowest BCUT2D eigenvalue weighted by Crippen LogP contribution is -2.20. The molecule has 100 valence electrons. The molecular weight excluding hydrogens is 268 g/mol.